The maximum Gasteiger partial charge on any atom is 0.123 e. The predicted molar refractivity (Wildman–Crippen MR) is 56.2 cm³/mol. The summed E-state index contributed by atoms with van der Waals surface area (Å²) < 4.78 is 13.0. The van der Waals surface area contributed by atoms with Gasteiger partial charge >= 0.3 is 0 Å². The molecule has 14 heavy (non-hydrogen) atoms. The van der Waals surface area contributed by atoms with Gasteiger partial charge in [0.25, 0.3) is 0 Å². The Morgan fingerprint density at radius 1 is 1.57 bits per heavy atom. The number of benzene rings is 1. The number of anilines is 1. The summed E-state index contributed by atoms with van der Waals surface area (Å²) in [5, 5.41) is 6.41. The van der Waals surface area contributed by atoms with Crippen LogP contribution in [-0.2, 0) is 0 Å². The van der Waals surface area contributed by atoms with Gasteiger partial charge in [0.05, 0.1) is 0 Å². The molecule has 0 saturated carbocycles. The van der Waals surface area contributed by atoms with Gasteiger partial charge in [-0.25, -0.2) is 4.39 Å². The third-order valence-corrected chi connectivity index (χ3v) is 2.74. The zero-order valence-electron chi connectivity index (χ0n) is 8.31. The molecule has 1 aliphatic heterocycles. The molecule has 1 aliphatic rings. The van der Waals surface area contributed by atoms with Crippen LogP contribution in [0.3, 0.4) is 0 Å². The van der Waals surface area contributed by atoms with Gasteiger partial charge in [-0.3, -0.25) is 0 Å². The zero-order chi connectivity index (χ0) is 9.97. The summed E-state index contributed by atoms with van der Waals surface area (Å²) in [7, 11) is 1.94. The highest BCUT2D eigenvalue weighted by atomic mass is 19.1. The fourth-order valence-electron chi connectivity index (χ4n) is 1.95. The molecule has 0 radical (unpaired) electrons. The number of halogens is 1. The normalized spacial score (nSPS) is 19.1. The van der Waals surface area contributed by atoms with Gasteiger partial charge in [-0.05, 0) is 43.8 Å². The Balaban J connectivity index is 2.16. The highest BCUT2D eigenvalue weighted by molar-refractivity contribution is 5.57. The molecule has 1 aromatic carbocycles. The van der Waals surface area contributed by atoms with Crippen molar-refractivity contribution in [1.29, 1.82) is 0 Å². The van der Waals surface area contributed by atoms with Crippen LogP contribution in [0.5, 0.6) is 0 Å². The van der Waals surface area contributed by atoms with E-state index >= 15 is 0 Å². The molecule has 1 heterocycles. The minimum absolute atomic E-state index is 0.137. The van der Waals surface area contributed by atoms with Crippen molar-refractivity contribution in [2.45, 2.75) is 12.3 Å². The lowest BCUT2D eigenvalue weighted by molar-refractivity contribution is 0.610. The molecule has 0 bridgehead atoms. The summed E-state index contributed by atoms with van der Waals surface area (Å²) >= 11 is 0. The Labute approximate surface area is 83.5 Å². The highest BCUT2D eigenvalue weighted by Gasteiger charge is 2.21. The lowest BCUT2D eigenvalue weighted by Crippen LogP contribution is -2.13. The Morgan fingerprint density at radius 3 is 3.21 bits per heavy atom. The molecule has 1 atom stereocenters. The first-order valence-electron chi connectivity index (χ1n) is 4.99. The molecule has 2 rings (SSSR count). The molecule has 1 unspecified atom stereocenters. The molecule has 0 spiro atoms. The molecule has 0 aromatic heterocycles. The van der Waals surface area contributed by atoms with Crippen LogP contribution < -0.4 is 10.6 Å². The molecule has 0 amide bonds. The summed E-state index contributed by atoms with van der Waals surface area (Å²) in [6.45, 7) is 1.91. The van der Waals surface area contributed by atoms with E-state index in [1.807, 2.05) is 13.1 Å². The van der Waals surface area contributed by atoms with Crippen LogP contribution in [0.2, 0.25) is 0 Å². The van der Waals surface area contributed by atoms with Crippen molar-refractivity contribution in [1.82, 2.24) is 5.32 Å². The summed E-state index contributed by atoms with van der Waals surface area (Å²) in [5.74, 6) is 0.315. The fraction of sp³-hybridized carbons (Fsp3) is 0.455. The molecule has 0 fully saturated rings. The highest BCUT2D eigenvalue weighted by Crippen LogP contribution is 2.33. The van der Waals surface area contributed by atoms with Crippen LogP contribution in [-0.4, -0.2) is 20.1 Å². The van der Waals surface area contributed by atoms with Crippen molar-refractivity contribution in [2.24, 2.45) is 0 Å². The second-order valence-electron chi connectivity index (χ2n) is 3.70. The lowest BCUT2D eigenvalue weighted by atomic mass is 9.98. The monoisotopic (exact) mass is 194 g/mol. The van der Waals surface area contributed by atoms with E-state index in [0.29, 0.717) is 5.92 Å². The van der Waals surface area contributed by atoms with E-state index < -0.39 is 0 Å². The number of hydrogen-bond donors (Lipinski definition) is 2. The van der Waals surface area contributed by atoms with Crippen LogP contribution in [0.4, 0.5) is 10.1 Å². The van der Waals surface area contributed by atoms with Crippen molar-refractivity contribution in [3.8, 4) is 0 Å². The van der Waals surface area contributed by atoms with Gasteiger partial charge in [-0.15, -0.1) is 0 Å². The van der Waals surface area contributed by atoms with Crippen molar-refractivity contribution in [2.75, 3.05) is 25.5 Å². The number of nitrogens with one attached hydrogen (secondary N) is 2. The minimum Gasteiger partial charge on any atom is -0.384 e. The fourth-order valence-corrected chi connectivity index (χ4v) is 1.95. The van der Waals surface area contributed by atoms with E-state index in [0.717, 1.165) is 30.8 Å². The van der Waals surface area contributed by atoms with Gasteiger partial charge in [-0.2, -0.15) is 0 Å². The molecule has 2 nitrogen and oxygen atoms in total. The summed E-state index contributed by atoms with van der Waals surface area (Å²) in [4.78, 5) is 0. The Morgan fingerprint density at radius 2 is 2.43 bits per heavy atom. The largest absolute Gasteiger partial charge is 0.384 e. The topological polar surface area (TPSA) is 24.1 Å². The van der Waals surface area contributed by atoms with Crippen molar-refractivity contribution < 1.29 is 4.39 Å². The molecule has 0 aliphatic carbocycles. The number of rotatable bonds is 3. The average molecular weight is 194 g/mol. The third kappa shape index (κ3) is 1.73. The SMILES string of the molecule is CNCCC1CNc2ccc(F)cc21. The average Bonchev–Trinajstić information content (AvgIpc) is 2.57. The Kier molecular flexibility index (Phi) is 2.68. The number of hydrogen-bond acceptors (Lipinski definition) is 2. The second kappa shape index (κ2) is 3.96. The molecule has 2 N–H and O–H groups in total. The molecular weight excluding hydrogens is 179 g/mol. The van der Waals surface area contributed by atoms with E-state index in [1.165, 1.54) is 6.07 Å². The molecule has 76 valence electrons. The second-order valence-corrected chi connectivity index (χ2v) is 3.70. The summed E-state index contributed by atoms with van der Waals surface area (Å²) in [6.07, 6.45) is 1.06. The van der Waals surface area contributed by atoms with E-state index in [9.17, 15) is 4.39 Å². The smallest absolute Gasteiger partial charge is 0.123 e. The Bertz CT molecular complexity index is 325. The first-order valence-corrected chi connectivity index (χ1v) is 4.99. The molecule has 1 aromatic rings. The number of fused-ring (bicyclic) bond motifs is 1. The van der Waals surface area contributed by atoms with Gasteiger partial charge in [0.15, 0.2) is 0 Å². The molecule has 3 heteroatoms. The van der Waals surface area contributed by atoms with Crippen LogP contribution in [0.1, 0.15) is 17.9 Å². The summed E-state index contributed by atoms with van der Waals surface area (Å²) in [6, 6.07) is 4.98. The van der Waals surface area contributed by atoms with Gasteiger partial charge in [0, 0.05) is 18.2 Å². The van der Waals surface area contributed by atoms with Crippen molar-refractivity contribution >= 4 is 5.69 Å². The van der Waals surface area contributed by atoms with Crippen molar-refractivity contribution in [3.05, 3.63) is 29.6 Å². The van der Waals surface area contributed by atoms with E-state index in [1.54, 1.807) is 6.07 Å². The molecular formula is C11H15FN2. The lowest BCUT2D eigenvalue weighted by Gasteiger charge is -2.09. The minimum atomic E-state index is -0.137. The van der Waals surface area contributed by atoms with E-state index in [-0.39, 0.29) is 5.82 Å². The van der Waals surface area contributed by atoms with Gasteiger partial charge < -0.3 is 10.6 Å². The van der Waals surface area contributed by atoms with Crippen LogP contribution >= 0.6 is 0 Å². The van der Waals surface area contributed by atoms with Gasteiger partial charge in [0.1, 0.15) is 5.82 Å². The maximum atomic E-state index is 13.0. The standard InChI is InChI=1S/C11H15FN2/c1-13-5-4-8-7-14-11-3-2-9(12)6-10(8)11/h2-3,6,8,13-14H,4-5,7H2,1H3. The predicted octanol–water partition coefficient (Wildman–Crippen LogP) is 1.94. The molecule has 0 saturated heterocycles. The van der Waals surface area contributed by atoms with E-state index in [4.69, 9.17) is 0 Å². The zero-order valence-corrected chi connectivity index (χ0v) is 8.31. The maximum absolute atomic E-state index is 13.0. The quantitative estimate of drug-likeness (QED) is 0.768. The first-order chi connectivity index (χ1) is 6.81. The van der Waals surface area contributed by atoms with Gasteiger partial charge in [0.2, 0.25) is 0 Å². The van der Waals surface area contributed by atoms with Gasteiger partial charge in [-0.1, -0.05) is 0 Å². The van der Waals surface area contributed by atoms with Crippen LogP contribution in [0.15, 0.2) is 18.2 Å². The first kappa shape index (κ1) is 9.46. The van der Waals surface area contributed by atoms with E-state index in [2.05, 4.69) is 10.6 Å². The van der Waals surface area contributed by atoms with Crippen molar-refractivity contribution in [3.63, 3.8) is 0 Å². The summed E-state index contributed by atoms with van der Waals surface area (Å²) in [5.41, 5.74) is 2.22. The third-order valence-electron chi connectivity index (χ3n) is 2.74. The van der Waals surface area contributed by atoms with Crippen LogP contribution in [0, 0.1) is 5.82 Å². The Hall–Kier alpha value is -1.09. The van der Waals surface area contributed by atoms with Crippen LogP contribution in [0.25, 0.3) is 0 Å².